The van der Waals surface area contributed by atoms with Gasteiger partial charge in [0.25, 0.3) is 0 Å². The van der Waals surface area contributed by atoms with Gasteiger partial charge in [0, 0.05) is 5.56 Å². The van der Waals surface area contributed by atoms with E-state index in [9.17, 15) is 14.7 Å². The molecule has 1 rings (SSSR count). The second-order valence-electron chi connectivity index (χ2n) is 2.52. The first-order valence-electron chi connectivity index (χ1n) is 3.56. The highest BCUT2D eigenvalue weighted by molar-refractivity contribution is 9.10. The van der Waals surface area contributed by atoms with Crippen molar-refractivity contribution in [1.29, 1.82) is 0 Å². The van der Waals surface area contributed by atoms with Crippen LogP contribution in [0.2, 0.25) is 0 Å². The number of aromatic hydroxyl groups is 1. The minimum Gasteiger partial charge on any atom is -0.503 e. The summed E-state index contributed by atoms with van der Waals surface area (Å²) < 4.78 is 0.148. The second kappa shape index (κ2) is 3.70. The fourth-order valence-corrected chi connectivity index (χ4v) is 1.50. The normalized spacial score (nSPS) is 9.69. The van der Waals surface area contributed by atoms with Gasteiger partial charge in [0.2, 0.25) is 5.43 Å². The average molecular weight is 243 g/mol. The Balaban J connectivity index is 3.62. The van der Waals surface area contributed by atoms with Gasteiger partial charge in [-0.05, 0) is 28.9 Å². The first kappa shape index (κ1) is 9.92. The van der Waals surface area contributed by atoms with Crippen LogP contribution in [-0.4, -0.2) is 10.9 Å². The lowest BCUT2D eigenvalue weighted by Crippen LogP contribution is -1.95. The average Bonchev–Trinajstić information content (AvgIpc) is 2.18. The Morgan fingerprint density at radius 1 is 1.46 bits per heavy atom. The molecule has 0 saturated heterocycles. The van der Waals surface area contributed by atoms with E-state index < -0.39 is 11.2 Å². The smallest absolute Gasteiger partial charge is 0.221 e. The largest absolute Gasteiger partial charge is 0.503 e. The highest BCUT2D eigenvalue weighted by Gasteiger charge is 2.09. The summed E-state index contributed by atoms with van der Waals surface area (Å²) in [6.45, 7) is 1.37. The van der Waals surface area contributed by atoms with Crippen LogP contribution in [0.25, 0.3) is 0 Å². The molecule has 0 aliphatic carbocycles. The summed E-state index contributed by atoms with van der Waals surface area (Å²) in [6, 6.07) is 4.11. The third-order valence-corrected chi connectivity index (χ3v) is 2.37. The van der Waals surface area contributed by atoms with E-state index in [0.717, 1.165) is 0 Å². The van der Waals surface area contributed by atoms with Crippen LogP contribution < -0.4 is 5.43 Å². The molecule has 1 aromatic carbocycles. The minimum atomic E-state index is -0.514. The van der Waals surface area contributed by atoms with Crippen molar-refractivity contribution in [2.45, 2.75) is 6.92 Å². The van der Waals surface area contributed by atoms with Crippen LogP contribution >= 0.6 is 15.9 Å². The lowest BCUT2D eigenvalue weighted by Gasteiger charge is -1.94. The van der Waals surface area contributed by atoms with Gasteiger partial charge in [-0.25, -0.2) is 0 Å². The van der Waals surface area contributed by atoms with E-state index in [1.807, 2.05) is 0 Å². The maximum absolute atomic E-state index is 11.0. The Hall–Kier alpha value is -1.16. The molecule has 0 fully saturated rings. The molecule has 0 atom stereocenters. The molecule has 0 bridgehead atoms. The van der Waals surface area contributed by atoms with Crippen molar-refractivity contribution in [3.05, 3.63) is 38.5 Å². The number of halogens is 1. The van der Waals surface area contributed by atoms with Crippen LogP contribution in [0.3, 0.4) is 0 Å². The van der Waals surface area contributed by atoms with Crippen molar-refractivity contribution in [3.63, 3.8) is 0 Å². The Kier molecular flexibility index (Phi) is 2.83. The van der Waals surface area contributed by atoms with Crippen molar-refractivity contribution in [2.24, 2.45) is 0 Å². The molecule has 0 spiro atoms. The number of hydrogen-bond acceptors (Lipinski definition) is 3. The Labute approximate surface area is 83.2 Å². The molecule has 4 heteroatoms. The highest BCUT2D eigenvalue weighted by Crippen LogP contribution is 2.23. The number of hydrogen-bond donors (Lipinski definition) is 1. The maximum atomic E-state index is 11.0. The van der Waals surface area contributed by atoms with Crippen LogP contribution in [0.5, 0.6) is 5.75 Å². The van der Waals surface area contributed by atoms with Crippen LogP contribution in [0.15, 0.2) is 27.5 Å². The Bertz CT molecular complexity index is 412. The zero-order valence-electron chi connectivity index (χ0n) is 6.87. The van der Waals surface area contributed by atoms with Gasteiger partial charge in [-0.15, -0.1) is 0 Å². The Morgan fingerprint density at radius 2 is 2.08 bits per heavy atom. The van der Waals surface area contributed by atoms with Gasteiger partial charge >= 0.3 is 0 Å². The van der Waals surface area contributed by atoms with Crippen LogP contribution in [0.1, 0.15) is 17.3 Å². The van der Waals surface area contributed by atoms with Crippen LogP contribution in [-0.2, 0) is 0 Å². The van der Waals surface area contributed by atoms with Crippen LogP contribution in [0.4, 0.5) is 0 Å². The van der Waals surface area contributed by atoms with Gasteiger partial charge in [-0.2, -0.15) is 0 Å². The highest BCUT2D eigenvalue weighted by atomic mass is 79.9. The minimum absolute atomic E-state index is 0.148. The van der Waals surface area contributed by atoms with Gasteiger partial charge in [0.05, 0.1) is 4.47 Å². The molecule has 68 valence electrons. The quantitative estimate of drug-likeness (QED) is 0.764. The van der Waals surface area contributed by atoms with Crippen molar-refractivity contribution in [3.8, 4) is 5.75 Å². The van der Waals surface area contributed by atoms with Crippen molar-refractivity contribution in [2.75, 3.05) is 0 Å². The van der Waals surface area contributed by atoms with Gasteiger partial charge in [-0.3, -0.25) is 9.59 Å². The second-order valence-corrected chi connectivity index (χ2v) is 3.32. The lowest BCUT2D eigenvalue weighted by atomic mass is 10.2. The molecule has 0 aromatic heterocycles. The summed E-state index contributed by atoms with van der Waals surface area (Å²) in [4.78, 5) is 22.0. The van der Waals surface area contributed by atoms with E-state index in [-0.39, 0.29) is 10.3 Å². The molecular weight excluding hydrogens is 236 g/mol. The van der Waals surface area contributed by atoms with E-state index in [1.165, 1.54) is 25.1 Å². The van der Waals surface area contributed by atoms with Crippen molar-refractivity contribution < 1.29 is 9.90 Å². The third-order valence-electron chi connectivity index (χ3n) is 1.57. The zero-order valence-corrected chi connectivity index (χ0v) is 8.46. The molecule has 0 saturated carbocycles. The molecule has 0 amide bonds. The van der Waals surface area contributed by atoms with E-state index in [4.69, 9.17) is 0 Å². The number of carbonyl (C=O) groups excluding carboxylic acids is 1. The number of Topliss-reactive ketones (excluding diaryl/α,β-unsaturated/α-hetero) is 1. The molecule has 0 unspecified atom stereocenters. The fraction of sp³-hybridized carbons (Fsp3) is 0.111. The topological polar surface area (TPSA) is 54.4 Å². The summed E-state index contributed by atoms with van der Waals surface area (Å²) in [5.74, 6) is -0.645. The van der Waals surface area contributed by atoms with Gasteiger partial charge in [0.1, 0.15) is 0 Å². The molecule has 0 heterocycles. The van der Waals surface area contributed by atoms with Crippen molar-refractivity contribution in [1.82, 2.24) is 0 Å². The zero-order chi connectivity index (χ0) is 10.0. The standard InChI is InChI=1S/C9H7BrO3/c1-5(11)6-3-2-4-7(12)9(13)8(6)10/h2-4H,1H3,(H,12,13). The SMILES string of the molecule is CC(=O)c1cccc(=O)c(O)c1Br. The Morgan fingerprint density at radius 3 is 2.62 bits per heavy atom. The number of rotatable bonds is 1. The lowest BCUT2D eigenvalue weighted by molar-refractivity contribution is 0.101. The molecule has 0 radical (unpaired) electrons. The predicted molar refractivity (Wildman–Crippen MR) is 52.1 cm³/mol. The van der Waals surface area contributed by atoms with E-state index >= 15 is 0 Å². The number of carbonyl (C=O) groups is 1. The van der Waals surface area contributed by atoms with E-state index in [1.54, 1.807) is 0 Å². The van der Waals surface area contributed by atoms with Gasteiger partial charge in [0.15, 0.2) is 11.5 Å². The molecule has 1 N–H and O–H groups in total. The predicted octanol–water partition coefficient (Wildman–Crippen LogP) is 1.72. The summed E-state index contributed by atoms with van der Waals surface area (Å²) in [5.41, 5.74) is -0.223. The van der Waals surface area contributed by atoms with E-state index in [0.29, 0.717) is 5.56 Å². The number of ketones is 1. The summed E-state index contributed by atoms with van der Waals surface area (Å²) in [6.07, 6.45) is 0. The van der Waals surface area contributed by atoms with Gasteiger partial charge < -0.3 is 5.11 Å². The fourth-order valence-electron chi connectivity index (χ4n) is 0.891. The van der Waals surface area contributed by atoms with Gasteiger partial charge in [-0.1, -0.05) is 12.1 Å². The van der Waals surface area contributed by atoms with Crippen LogP contribution in [0, 0.1) is 0 Å². The van der Waals surface area contributed by atoms with Crippen molar-refractivity contribution >= 4 is 21.7 Å². The molecule has 3 nitrogen and oxygen atoms in total. The first-order valence-corrected chi connectivity index (χ1v) is 4.36. The molecule has 0 aliphatic rings. The summed E-state index contributed by atoms with van der Waals surface area (Å²) >= 11 is 2.99. The molecule has 13 heavy (non-hydrogen) atoms. The molecule has 1 aromatic rings. The maximum Gasteiger partial charge on any atom is 0.221 e. The third kappa shape index (κ3) is 1.95. The van der Waals surface area contributed by atoms with E-state index in [2.05, 4.69) is 15.9 Å². The molecular formula is C9H7BrO3. The first-order chi connectivity index (χ1) is 6.04. The molecule has 0 aliphatic heterocycles. The monoisotopic (exact) mass is 242 g/mol. The summed E-state index contributed by atoms with van der Waals surface area (Å²) in [7, 11) is 0. The summed E-state index contributed by atoms with van der Waals surface area (Å²) in [5, 5.41) is 9.28.